The van der Waals surface area contributed by atoms with E-state index in [1.165, 1.54) is 0 Å². The summed E-state index contributed by atoms with van der Waals surface area (Å²) in [6.45, 7) is -5.24. The van der Waals surface area contributed by atoms with Crippen LogP contribution in [0.4, 0.5) is 17.6 Å². The number of rotatable bonds is 23. The molecule has 0 spiro atoms. The lowest BCUT2D eigenvalue weighted by Gasteiger charge is -2.24. The zero-order valence-electron chi connectivity index (χ0n) is 17.5. The first-order chi connectivity index (χ1) is 15.1. The average Bonchev–Trinajstić information content (AvgIpc) is 2.69. The zero-order chi connectivity index (χ0) is 24.3. The van der Waals surface area contributed by atoms with Crippen molar-refractivity contribution in [3.05, 3.63) is 0 Å². The predicted molar refractivity (Wildman–Crippen MR) is 97.2 cm³/mol. The van der Waals surface area contributed by atoms with Crippen LogP contribution in [0.25, 0.3) is 0 Å². The van der Waals surface area contributed by atoms with Crippen LogP contribution in [0.5, 0.6) is 0 Å². The van der Waals surface area contributed by atoms with Gasteiger partial charge in [-0.2, -0.15) is 17.6 Å². The maximum absolute atomic E-state index is 13.4. The van der Waals surface area contributed by atoms with Gasteiger partial charge in [-0.05, 0) is 0 Å². The summed E-state index contributed by atoms with van der Waals surface area (Å²) in [4.78, 5) is 0. The van der Waals surface area contributed by atoms with Crippen molar-refractivity contribution in [3.8, 4) is 0 Å². The number of ether oxygens (including phenoxy) is 7. The lowest BCUT2D eigenvalue weighted by Crippen LogP contribution is -2.40. The van der Waals surface area contributed by atoms with E-state index in [9.17, 15) is 27.8 Å². The van der Waals surface area contributed by atoms with Gasteiger partial charge in [-0.25, -0.2) is 0 Å². The molecular formula is C17H32F4O11. The topological polar surface area (TPSA) is 146 Å². The van der Waals surface area contributed by atoms with Gasteiger partial charge in [0.2, 0.25) is 0 Å². The molecule has 0 heterocycles. The molecule has 2 unspecified atom stereocenters. The first-order valence-electron chi connectivity index (χ1n) is 9.62. The molecule has 0 aliphatic carbocycles. The van der Waals surface area contributed by atoms with Gasteiger partial charge in [0.05, 0.1) is 66.1 Å². The van der Waals surface area contributed by atoms with E-state index in [4.69, 9.17) is 29.2 Å². The SMILES string of the molecule is OCCOCC(O)COCCOCOCC(F)(F)OC(F)(F)COCC(O)COCCO. The minimum atomic E-state index is -4.35. The Morgan fingerprint density at radius 3 is 1.47 bits per heavy atom. The average molecular weight is 488 g/mol. The molecule has 0 saturated heterocycles. The van der Waals surface area contributed by atoms with Gasteiger partial charge >= 0.3 is 12.2 Å². The monoisotopic (exact) mass is 488 g/mol. The molecule has 0 saturated carbocycles. The number of aliphatic hydroxyl groups excluding tert-OH is 4. The third-order valence-corrected chi connectivity index (χ3v) is 3.09. The number of hydrogen-bond acceptors (Lipinski definition) is 11. The molecule has 11 nitrogen and oxygen atoms in total. The van der Waals surface area contributed by atoms with Gasteiger partial charge in [0, 0.05) is 0 Å². The predicted octanol–water partition coefficient (Wildman–Crippen LogP) is -1.05. The van der Waals surface area contributed by atoms with Crippen LogP contribution < -0.4 is 0 Å². The van der Waals surface area contributed by atoms with Gasteiger partial charge in [0.1, 0.15) is 32.2 Å². The molecule has 2 atom stereocenters. The maximum Gasteiger partial charge on any atom is 0.383 e. The molecule has 0 aliphatic heterocycles. The van der Waals surface area contributed by atoms with Crippen molar-refractivity contribution in [1.82, 2.24) is 0 Å². The van der Waals surface area contributed by atoms with E-state index in [2.05, 4.69) is 14.2 Å². The Labute approximate surface area is 182 Å². The van der Waals surface area contributed by atoms with Gasteiger partial charge in [0.25, 0.3) is 0 Å². The highest BCUT2D eigenvalue weighted by molar-refractivity contribution is 4.60. The molecule has 0 aromatic heterocycles. The minimum absolute atomic E-state index is 0.000383. The molecule has 0 amide bonds. The first-order valence-corrected chi connectivity index (χ1v) is 9.62. The lowest BCUT2D eigenvalue weighted by molar-refractivity contribution is -0.396. The molecule has 0 aliphatic rings. The molecule has 0 fully saturated rings. The Hall–Kier alpha value is -0.720. The molecule has 4 N–H and O–H groups in total. The summed E-state index contributed by atoms with van der Waals surface area (Å²) in [5.41, 5.74) is 0. The fourth-order valence-corrected chi connectivity index (χ4v) is 1.87. The summed E-state index contributed by atoms with van der Waals surface area (Å²) in [5.74, 6) is 0. The third kappa shape index (κ3) is 19.9. The van der Waals surface area contributed by atoms with E-state index in [0.717, 1.165) is 0 Å². The van der Waals surface area contributed by atoms with Gasteiger partial charge < -0.3 is 48.8 Å². The summed E-state index contributed by atoms with van der Waals surface area (Å²) in [7, 11) is 0. The quantitative estimate of drug-likeness (QED) is 0.0794. The number of aliphatic hydroxyl groups is 4. The van der Waals surface area contributed by atoms with Crippen LogP contribution in [0.3, 0.4) is 0 Å². The smallest absolute Gasteiger partial charge is 0.383 e. The molecule has 0 rings (SSSR count). The van der Waals surface area contributed by atoms with Crippen LogP contribution in [0.15, 0.2) is 0 Å². The standard InChI is InChI=1S/C17H32F4O11/c18-16(19,11-30-10-15(25)8-27-4-2-23)32-17(20,21)12-31-13-29-6-5-28-9-14(24)7-26-3-1-22/h14-15,22-25H,1-13H2. The molecule has 194 valence electrons. The third-order valence-electron chi connectivity index (χ3n) is 3.09. The van der Waals surface area contributed by atoms with Crippen LogP contribution in [-0.4, -0.2) is 131 Å². The Bertz CT molecular complexity index is 435. The van der Waals surface area contributed by atoms with Crippen LogP contribution in [-0.2, 0) is 33.2 Å². The Morgan fingerprint density at radius 2 is 0.969 bits per heavy atom. The normalized spacial score (nSPS) is 14.6. The summed E-state index contributed by atoms with van der Waals surface area (Å²) in [6, 6.07) is 0. The lowest BCUT2D eigenvalue weighted by atomic mass is 10.4. The highest BCUT2D eigenvalue weighted by Crippen LogP contribution is 2.27. The molecular weight excluding hydrogens is 456 g/mol. The summed E-state index contributed by atoms with van der Waals surface area (Å²) in [5, 5.41) is 35.8. The highest BCUT2D eigenvalue weighted by atomic mass is 19.3. The van der Waals surface area contributed by atoms with E-state index < -0.39 is 51.0 Å². The second kappa shape index (κ2) is 18.7. The van der Waals surface area contributed by atoms with Crippen LogP contribution in [0.1, 0.15) is 0 Å². The fourth-order valence-electron chi connectivity index (χ4n) is 1.87. The summed E-state index contributed by atoms with van der Waals surface area (Å²) < 4.78 is 85.5. The fraction of sp³-hybridized carbons (Fsp3) is 1.00. The molecule has 0 aromatic carbocycles. The Morgan fingerprint density at radius 1 is 0.562 bits per heavy atom. The zero-order valence-corrected chi connectivity index (χ0v) is 17.5. The van der Waals surface area contributed by atoms with E-state index in [-0.39, 0.29) is 59.5 Å². The van der Waals surface area contributed by atoms with E-state index in [1.807, 2.05) is 0 Å². The highest BCUT2D eigenvalue weighted by Gasteiger charge is 2.44. The second-order valence-electron chi connectivity index (χ2n) is 6.25. The van der Waals surface area contributed by atoms with E-state index >= 15 is 0 Å². The van der Waals surface area contributed by atoms with Crippen molar-refractivity contribution in [2.24, 2.45) is 0 Å². The molecule has 0 bridgehead atoms. The van der Waals surface area contributed by atoms with Crippen molar-refractivity contribution < 1.29 is 71.1 Å². The number of halogens is 4. The first kappa shape index (κ1) is 31.3. The number of hydrogen-bond donors (Lipinski definition) is 4. The van der Waals surface area contributed by atoms with Gasteiger partial charge in [-0.15, -0.1) is 0 Å². The second-order valence-corrected chi connectivity index (χ2v) is 6.25. The van der Waals surface area contributed by atoms with Crippen molar-refractivity contribution >= 4 is 0 Å². The molecule has 15 heteroatoms. The van der Waals surface area contributed by atoms with Crippen molar-refractivity contribution in [3.63, 3.8) is 0 Å². The van der Waals surface area contributed by atoms with Gasteiger partial charge in [-0.3, -0.25) is 4.74 Å². The number of alkyl halides is 4. The minimum Gasteiger partial charge on any atom is -0.394 e. The van der Waals surface area contributed by atoms with E-state index in [0.29, 0.717) is 0 Å². The van der Waals surface area contributed by atoms with Gasteiger partial charge in [0.15, 0.2) is 0 Å². The van der Waals surface area contributed by atoms with Crippen LogP contribution in [0.2, 0.25) is 0 Å². The molecule has 0 aromatic rings. The van der Waals surface area contributed by atoms with Crippen molar-refractivity contribution in [2.45, 2.75) is 24.4 Å². The van der Waals surface area contributed by atoms with Crippen LogP contribution in [0, 0.1) is 0 Å². The Balaban J connectivity index is 3.81. The summed E-state index contributed by atoms with van der Waals surface area (Å²) in [6.07, 6.45) is -10.9. The summed E-state index contributed by atoms with van der Waals surface area (Å²) >= 11 is 0. The Kier molecular flexibility index (Phi) is 18.3. The van der Waals surface area contributed by atoms with Crippen molar-refractivity contribution in [1.29, 1.82) is 0 Å². The van der Waals surface area contributed by atoms with Crippen LogP contribution >= 0.6 is 0 Å². The molecule has 0 radical (unpaired) electrons. The van der Waals surface area contributed by atoms with E-state index in [1.54, 1.807) is 0 Å². The van der Waals surface area contributed by atoms with Crippen molar-refractivity contribution in [2.75, 3.05) is 86.1 Å². The largest absolute Gasteiger partial charge is 0.394 e. The maximum atomic E-state index is 13.4. The molecule has 32 heavy (non-hydrogen) atoms. The van der Waals surface area contributed by atoms with Gasteiger partial charge in [-0.1, -0.05) is 0 Å².